The van der Waals surface area contributed by atoms with Crippen molar-refractivity contribution in [2.45, 2.75) is 30.9 Å². The average Bonchev–Trinajstić information content (AvgIpc) is 2.98. The quantitative estimate of drug-likeness (QED) is 0.767. The van der Waals surface area contributed by atoms with E-state index in [2.05, 4.69) is 10.2 Å². The number of hydrogen-bond donors (Lipinski definition) is 0. The number of rotatable bonds is 2. The topological polar surface area (TPSA) is 77.3 Å². The maximum Gasteiger partial charge on any atom is 0.211 e. The molecule has 2 aliphatic heterocycles. The van der Waals surface area contributed by atoms with Gasteiger partial charge in [-0.15, -0.1) is 10.2 Å². The molecule has 0 radical (unpaired) electrons. The van der Waals surface area contributed by atoms with E-state index in [1.54, 1.807) is 12.7 Å². The van der Waals surface area contributed by atoms with Gasteiger partial charge in [-0.1, -0.05) is 0 Å². The van der Waals surface area contributed by atoms with Crippen LogP contribution >= 0.6 is 0 Å². The minimum atomic E-state index is -3.14. The summed E-state index contributed by atoms with van der Waals surface area (Å²) in [5, 5.41) is 7.61. The molecule has 0 aliphatic carbocycles. The van der Waals surface area contributed by atoms with Crippen LogP contribution in [0.4, 0.5) is 0 Å². The molecular formula is C11H18N4O3S. The molecule has 1 aromatic rings. The van der Waals surface area contributed by atoms with Crippen LogP contribution in [-0.2, 0) is 14.8 Å². The molecule has 3 heterocycles. The number of piperidine rings is 1. The van der Waals surface area contributed by atoms with E-state index < -0.39 is 10.0 Å². The van der Waals surface area contributed by atoms with Crippen molar-refractivity contribution in [3.8, 4) is 0 Å². The molecule has 1 spiro atoms. The molecule has 0 aromatic carbocycles. The van der Waals surface area contributed by atoms with Crippen LogP contribution < -0.4 is 0 Å². The van der Waals surface area contributed by atoms with Crippen molar-refractivity contribution in [2.24, 2.45) is 0 Å². The first-order valence-corrected chi connectivity index (χ1v) is 8.27. The van der Waals surface area contributed by atoms with E-state index in [9.17, 15) is 8.42 Å². The summed E-state index contributed by atoms with van der Waals surface area (Å²) in [6, 6.07) is 0.203. The van der Waals surface area contributed by atoms with Crippen LogP contribution in [0.1, 0.15) is 25.3 Å². The number of nitrogens with zero attached hydrogens (tertiary/aromatic N) is 4. The summed E-state index contributed by atoms with van der Waals surface area (Å²) in [5.74, 6) is 0. The molecule has 8 heteroatoms. The fourth-order valence-electron chi connectivity index (χ4n) is 3.03. The van der Waals surface area contributed by atoms with Crippen LogP contribution in [0.25, 0.3) is 0 Å². The highest BCUT2D eigenvalue weighted by atomic mass is 32.2. The second-order valence-electron chi connectivity index (χ2n) is 5.46. The first-order valence-electron chi connectivity index (χ1n) is 6.42. The summed E-state index contributed by atoms with van der Waals surface area (Å²) >= 11 is 0. The molecule has 2 fully saturated rings. The Morgan fingerprint density at radius 1 is 1.37 bits per heavy atom. The summed E-state index contributed by atoms with van der Waals surface area (Å²) in [6.07, 6.45) is 7.21. The average molecular weight is 286 g/mol. The third kappa shape index (κ3) is 2.52. The molecule has 3 rings (SSSR count). The third-order valence-corrected chi connectivity index (χ3v) is 5.27. The van der Waals surface area contributed by atoms with Gasteiger partial charge in [-0.05, 0) is 12.8 Å². The maximum atomic E-state index is 11.7. The van der Waals surface area contributed by atoms with E-state index in [4.69, 9.17) is 4.74 Å². The Balaban J connectivity index is 1.75. The summed E-state index contributed by atoms with van der Waals surface area (Å²) in [5.41, 5.74) is -0.337. The summed E-state index contributed by atoms with van der Waals surface area (Å²) in [6.45, 7) is 1.65. The molecule has 7 nitrogen and oxygen atoms in total. The molecule has 2 aliphatic rings. The van der Waals surface area contributed by atoms with Crippen molar-refractivity contribution in [3.05, 3.63) is 12.7 Å². The number of sulfonamides is 1. The van der Waals surface area contributed by atoms with Gasteiger partial charge in [-0.25, -0.2) is 8.42 Å². The lowest BCUT2D eigenvalue weighted by molar-refractivity contribution is -0.0331. The Labute approximate surface area is 112 Å². The van der Waals surface area contributed by atoms with E-state index in [0.29, 0.717) is 19.7 Å². The van der Waals surface area contributed by atoms with Gasteiger partial charge in [-0.3, -0.25) is 0 Å². The molecule has 0 bridgehead atoms. The minimum absolute atomic E-state index is 0.203. The van der Waals surface area contributed by atoms with Gasteiger partial charge >= 0.3 is 0 Å². The van der Waals surface area contributed by atoms with Crippen molar-refractivity contribution in [3.63, 3.8) is 0 Å². The molecule has 106 valence electrons. The molecule has 19 heavy (non-hydrogen) atoms. The van der Waals surface area contributed by atoms with Crippen LogP contribution in [0.5, 0.6) is 0 Å². The zero-order valence-corrected chi connectivity index (χ0v) is 11.7. The van der Waals surface area contributed by atoms with E-state index in [1.807, 2.05) is 4.57 Å². The Bertz CT molecular complexity index is 544. The smallest absolute Gasteiger partial charge is 0.211 e. The molecule has 2 saturated heterocycles. The lowest BCUT2D eigenvalue weighted by atomic mass is 9.90. The van der Waals surface area contributed by atoms with Gasteiger partial charge < -0.3 is 9.30 Å². The maximum absolute atomic E-state index is 11.7. The van der Waals surface area contributed by atoms with Crippen LogP contribution in [0, 0.1) is 0 Å². The second kappa shape index (κ2) is 4.53. The predicted octanol–water partition coefficient (Wildman–Crippen LogP) is 0.0337. The van der Waals surface area contributed by atoms with E-state index >= 15 is 0 Å². The Morgan fingerprint density at radius 3 is 2.79 bits per heavy atom. The fraction of sp³-hybridized carbons (Fsp3) is 0.818. The fourth-order valence-corrected chi connectivity index (χ4v) is 3.96. The summed E-state index contributed by atoms with van der Waals surface area (Å²) < 4.78 is 32.8. The molecule has 1 aromatic heterocycles. The van der Waals surface area contributed by atoms with Crippen LogP contribution in [-0.4, -0.2) is 59.0 Å². The lowest BCUT2D eigenvalue weighted by Gasteiger charge is -2.38. The first-order chi connectivity index (χ1) is 8.99. The van der Waals surface area contributed by atoms with Crippen LogP contribution in [0.3, 0.4) is 0 Å². The van der Waals surface area contributed by atoms with Gasteiger partial charge in [-0.2, -0.15) is 4.31 Å². The zero-order chi connectivity index (χ0) is 13.5. The van der Waals surface area contributed by atoms with Crippen molar-refractivity contribution >= 4 is 10.0 Å². The van der Waals surface area contributed by atoms with E-state index in [0.717, 1.165) is 19.3 Å². The highest BCUT2D eigenvalue weighted by Gasteiger charge is 2.45. The van der Waals surface area contributed by atoms with Gasteiger partial charge in [0.1, 0.15) is 12.7 Å². The number of hydrogen-bond acceptors (Lipinski definition) is 5. The second-order valence-corrected chi connectivity index (χ2v) is 7.44. The van der Waals surface area contributed by atoms with Gasteiger partial charge in [0, 0.05) is 19.5 Å². The Hall–Kier alpha value is -0.990. The van der Waals surface area contributed by atoms with Gasteiger partial charge in [0.2, 0.25) is 10.0 Å². The highest BCUT2D eigenvalue weighted by Crippen LogP contribution is 2.39. The number of ether oxygens (including phenoxy) is 1. The van der Waals surface area contributed by atoms with Crippen molar-refractivity contribution in [1.29, 1.82) is 0 Å². The van der Waals surface area contributed by atoms with Crippen LogP contribution in [0.2, 0.25) is 0 Å². The molecule has 0 unspecified atom stereocenters. The molecule has 2 atom stereocenters. The summed E-state index contributed by atoms with van der Waals surface area (Å²) in [7, 11) is -3.14. The zero-order valence-electron chi connectivity index (χ0n) is 10.9. The van der Waals surface area contributed by atoms with Crippen molar-refractivity contribution in [1.82, 2.24) is 19.1 Å². The largest absolute Gasteiger partial charge is 0.371 e. The normalized spacial score (nSPS) is 33.0. The summed E-state index contributed by atoms with van der Waals surface area (Å²) in [4.78, 5) is 0. The van der Waals surface area contributed by atoms with Crippen LogP contribution in [0.15, 0.2) is 12.7 Å². The first kappa shape index (κ1) is 13.0. The van der Waals surface area contributed by atoms with E-state index in [-0.39, 0.29) is 11.6 Å². The van der Waals surface area contributed by atoms with Crippen molar-refractivity contribution in [2.75, 3.05) is 26.0 Å². The third-order valence-electron chi connectivity index (χ3n) is 4.02. The monoisotopic (exact) mass is 286 g/mol. The number of aromatic nitrogens is 3. The minimum Gasteiger partial charge on any atom is -0.371 e. The Morgan fingerprint density at radius 2 is 2.11 bits per heavy atom. The highest BCUT2D eigenvalue weighted by molar-refractivity contribution is 7.88. The van der Waals surface area contributed by atoms with E-state index in [1.165, 1.54) is 10.6 Å². The molecule has 0 N–H and O–H groups in total. The SMILES string of the molecule is CS(=O)(=O)N1CCC[C@@]2(C[C@@H](n3cnnc3)CO2)C1. The molecule has 0 amide bonds. The molecular weight excluding hydrogens is 268 g/mol. The van der Waals surface area contributed by atoms with Gasteiger partial charge in [0.25, 0.3) is 0 Å². The lowest BCUT2D eigenvalue weighted by Crippen LogP contribution is -2.49. The molecule has 0 saturated carbocycles. The van der Waals surface area contributed by atoms with Gasteiger partial charge in [0.05, 0.1) is 24.5 Å². The predicted molar refractivity (Wildman–Crippen MR) is 68.0 cm³/mol. The standard InChI is InChI=1S/C11H18N4O3S/c1-19(16,17)15-4-2-3-11(7-15)5-10(6-18-11)14-8-12-13-9-14/h8-10H,2-7H2,1H3/t10-,11-/m1/s1. The van der Waals surface area contributed by atoms with Gasteiger partial charge in [0.15, 0.2) is 0 Å². The Kier molecular flexibility index (Phi) is 3.11. The van der Waals surface area contributed by atoms with Crippen molar-refractivity contribution < 1.29 is 13.2 Å².